The summed E-state index contributed by atoms with van der Waals surface area (Å²) in [5, 5.41) is 3.06. The number of unbranched alkanes of at least 4 members (excludes halogenated alkanes) is 12. The largest absolute Gasteiger partial charge is 1.00 e. The van der Waals surface area contributed by atoms with E-state index in [0.717, 1.165) is 30.5 Å². The fourth-order valence-electron chi connectivity index (χ4n) is 3.05. The number of rotatable bonds is 18. The first-order chi connectivity index (χ1) is 12.0. The molecule has 0 aliphatic carbocycles. The summed E-state index contributed by atoms with van der Waals surface area (Å²) in [6.45, 7) is 7.39. The second kappa shape index (κ2) is 19.9. The van der Waals surface area contributed by atoms with Gasteiger partial charge in [-0.3, -0.25) is 4.79 Å². The van der Waals surface area contributed by atoms with E-state index in [-0.39, 0.29) is 29.9 Å². The Labute approximate surface area is 181 Å². The van der Waals surface area contributed by atoms with Crippen LogP contribution in [0.3, 0.4) is 0 Å². The topological polar surface area (TPSA) is 29.1 Å². The number of carbonyl (C=O) groups is 1. The minimum absolute atomic E-state index is 0. The number of amides is 1. The molecule has 1 amide bonds. The van der Waals surface area contributed by atoms with Crippen LogP contribution in [-0.4, -0.2) is 44.1 Å². The first kappa shape index (κ1) is 28.4. The molecular weight excluding hydrogens is 435 g/mol. The van der Waals surface area contributed by atoms with Crippen molar-refractivity contribution in [3.05, 3.63) is 0 Å². The van der Waals surface area contributed by atoms with Crippen molar-refractivity contribution in [1.82, 2.24) is 5.32 Å². The molecule has 0 saturated heterocycles. The normalized spacial score (nSPS) is 11.2. The molecule has 158 valence electrons. The van der Waals surface area contributed by atoms with Crippen LogP contribution in [0, 0.1) is 0 Å². The summed E-state index contributed by atoms with van der Waals surface area (Å²) in [7, 11) is 4.41. The van der Waals surface area contributed by atoms with Gasteiger partial charge in [0.15, 0.2) is 0 Å². The zero-order chi connectivity index (χ0) is 18.8. The lowest BCUT2D eigenvalue weighted by Gasteiger charge is -2.28. The van der Waals surface area contributed by atoms with Crippen molar-refractivity contribution in [2.24, 2.45) is 0 Å². The fourth-order valence-corrected chi connectivity index (χ4v) is 3.05. The van der Waals surface area contributed by atoms with Crippen molar-refractivity contribution in [1.29, 1.82) is 0 Å². The highest BCUT2D eigenvalue weighted by Gasteiger charge is 2.11. The Morgan fingerprint density at radius 2 is 1.15 bits per heavy atom. The van der Waals surface area contributed by atoms with Gasteiger partial charge in [-0.05, 0) is 13.3 Å². The van der Waals surface area contributed by atoms with Gasteiger partial charge < -0.3 is 33.8 Å². The Morgan fingerprint density at radius 3 is 1.58 bits per heavy atom. The van der Waals surface area contributed by atoms with E-state index in [1.807, 2.05) is 0 Å². The zero-order valence-electron chi connectivity index (χ0n) is 18.3. The number of hydrogen-bond acceptors (Lipinski definition) is 1. The van der Waals surface area contributed by atoms with E-state index < -0.39 is 0 Å². The Kier molecular flexibility index (Phi) is 21.7. The summed E-state index contributed by atoms with van der Waals surface area (Å²) in [5.74, 6) is 0.235. The maximum atomic E-state index is 11.8. The third-order valence-electron chi connectivity index (χ3n) is 5.40. The number of carbonyl (C=O) groups excluding carboxylic acids is 1. The van der Waals surface area contributed by atoms with E-state index >= 15 is 0 Å². The van der Waals surface area contributed by atoms with Crippen molar-refractivity contribution in [2.45, 2.75) is 104 Å². The van der Waals surface area contributed by atoms with Crippen molar-refractivity contribution < 1.29 is 33.3 Å². The molecule has 0 aliphatic rings. The van der Waals surface area contributed by atoms with Crippen LogP contribution in [0.15, 0.2) is 0 Å². The molecule has 0 aromatic carbocycles. The summed E-state index contributed by atoms with van der Waals surface area (Å²) >= 11 is 0. The first-order valence-corrected chi connectivity index (χ1v) is 11.1. The molecule has 0 spiro atoms. The Hall–Kier alpha value is 0.160. The molecule has 0 radical (unpaired) electrons. The van der Waals surface area contributed by atoms with Crippen molar-refractivity contribution >= 4 is 5.91 Å². The highest BCUT2D eigenvalue weighted by molar-refractivity contribution is 5.75. The number of hydrogen-bond donors (Lipinski definition) is 1. The van der Waals surface area contributed by atoms with E-state index in [9.17, 15) is 4.79 Å². The average Bonchev–Trinajstić information content (AvgIpc) is 2.59. The Bertz CT molecular complexity index is 309. The summed E-state index contributed by atoms with van der Waals surface area (Å²) in [6.07, 6.45) is 18.3. The zero-order valence-corrected chi connectivity index (χ0v) is 20.4. The van der Waals surface area contributed by atoms with Gasteiger partial charge in [-0.1, -0.05) is 84.0 Å². The molecule has 0 fully saturated rings. The van der Waals surface area contributed by atoms with Gasteiger partial charge in [0.05, 0.1) is 33.7 Å². The lowest BCUT2D eigenvalue weighted by atomic mass is 10.0. The smallest absolute Gasteiger partial charge is 0.220 e. The third kappa shape index (κ3) is 20.5. The molecule has 1 N–H and O–H groups in total. The predicted molar refractivity (Wildman–Crippen MR) is 111 cm³/mol. The lowest BCUT2D eigenvalue weighted by molar-refractivity contribution is -0.887. The van der Waals surface area contributed by atoms with Gasteiger partial charge in [0, 0.05) is 6.42 Å². The van der Waals surface area contributed by atoms with Gasteiger partial charge in [0.2, 0.25) is 5.91 Å². The van der Waals surface area contributed by atoms with Crippen LogP contribution in [0.4, 0.5) is 0 Å². The molecule has 0 heterocycles. The molecule has 3 nitrogen and oxygen atoms in total. The molecule has 4 heteroatoms. The summed E-state index contributed by atoms with van der Waals surface area (Å²) in [5.41, 5.74) is 0. The molecule has 0 unspecified atom stereocenters. The maximum absolute atomic E-state index is 11.8. The summed E-state index contributed by atoms with van der Waals surface area (Å²) in [4.78, 5) is 11.8. The van der Waals surface area contributed by atoms with Crippen molar-refractivity contribution in [3.63, 3.8) is 0 Å². The maximum Gasteiger partial charge on any atom is 0.220 e. The second-order valence-corrected chi connectivity index (χ2v) is 8.32. The number of halogens is 1. The van der Waals surface area contributed by atoms with E-state index in [1.54, 1.807) is 0 Å². The monoisotopic (exact) mass is 482 g/mol. The Balaban J connectivity index is 0. The fraction of sp³-hybridized carbons (Fsp3) is 0.955. The van der Waals surface area contributed by atoms with E-state index in [2.05, 4.69) is 33.3 Å². The number of nitrogens with one attached hydrogen (secondary N) is 1. The van der Waals surface area contributed by atoms with Crippen molar-refractivity contribution in [3.8, 4) is 0 Å². The van der Waals surface area contributed by atoms with Crippen LogP contribution in [-0.2, 0) is 4.79 Å². The second-order valence-electron chi connectivity index (χ2n) is 8.32. The molecule has 26 heavy (non-hydrogen) atoms. The van der Waals surface area contributed by atoms with E-state index in [4.69, 9.17) is 0 Å². The minimum Gasteiger partial charge on any atom is -1.00 e. The molecule has 0 rings (SSSR count). The number of quaternary nitrogens is 1. The highest BCUT2D eigenvalue weighted by atomic mass is 127. The molecule has 0 atom stereocenters. The quantitative estimate of drug-likeness (QED) is 0.182. The number of likely N-dealkylation sites (N-methyl/N-ethyl adjacent to an activating group) is 1. The van der Waals surface area contributed by atoms with Crippen LogP contribution in [0.2, 0.25) is 0 Å². The molecule has 0 bridgehead atoms. The first-order valence-electron chi connectivity index (χ1n) is 11.1. The van der Waals surface area contributed by atoms with Crippen LogP contribution in [0.5, 0.6) is 0 Å². The van der Waals surface area contributed by atoms with Gasteiger partial charge in [-0.25, -0.2) is 0 Å². The Morgan fingerprint density at radius 1 is 0.731 bits per heavy atom. The number of nitrogens with zero attached hydrogens (tertiary/aromatic N) is 1. The van der Waals surface area contributed by atoms with Gasteiger partial charge in [0.1, 0.15) is 0 Å². The molecule has 0 saturated carbocycles. The van der Waals surface area contributed by atoms with Crippen LogP contribution in [0.25, 0.3) is 0 Å². The van der Waals surface area contributed by atoms with Gasteiger partial charge in [-0.2, -0.15) is 0 Å². The van der Waals surface area contributed by atoms with Gasteiger partial charge >= 0.3 is 0 Å². The molecule has 0 aromatic rings. The standard InChI is InChI=1S/C22H46N2O.HI/c1-5-7-8-9-10-11-12-13-14-15-16-17-18-19-22(25)23-20-21-24(3,4)6-2;/h5-21H2,1-4H3;1H. The third-order valence-corrected chi connectivity index (χ3v) is 5.40. The summed E-state index contributed by atoms with van der Waals surface area (Å²) in [6, 6.07) is 0. The van der Waals surface area contributed by atoms with Crippen molar-refractivity contribution in [2.75, 3.05) is 33.7 Å². The highest BCUT2D eigenvalue weighted by Crippen LogP contribution is 2.12. The average molecular weight is 483 g/mol. The van der Waals surface area contributed by atoms with Crippen LogP contribution in [0.1, 0.15) is 104 Å². The van der Waals surface area contributed by atoms with Gasteiger partial charge in [0.25, 0.3) is 0 Å². The van der Waals surface area contributed by atoms with Gasteiger partial charge in [-0.15, -0.1) is 0 Å². The van der Waals surface area contributed by atoms with E-state index in [0.29, 0.717) is 6.42 Å². The molecule has 0 aromatic heterocycles. The van der Waals surface area contributed by atoms with Crippen LogP contribution < -0.4 is 29.3 Å². The molecule has 0 aliphatic heterocycles. The summed E-state index contributed by atoms with van der Waals surface area (Å²) < 4.78 is 0.971. The SMILES string of the molecule is CCCCCCCCCCCCCCCC(=O)NCC[N+](C)(C)CC.[I-]. The van der Waals surface area contributed by atoms with Crippen LogP contribution >= 0.6 is 0 Å². The predicted octanol–water partition coefficient (Wildman–Crippen LogP) is 2.68. The lowest BCUT2D eigenvalue weighted by Crippen LogP contribution is -3.00. The molecular formula is C22H47IN2O. The van der Waals surface area contributed by atoms with E-state index in [1.165, 1.54) is 77.0 Å². The minimum atomic E-state index is 0.